The third-order valence-corrected chi connectivity index (χ3v) is 5.03. The molecule has 2 N–H and O–H groups in total. The van der Waals surface area contributed by atoms with Crippen LogP contribution in [0.25, 0.3) is 6.08 Å². The van der Waals surface area contributed by atoms with Crippen molar-refractivity contribution in [2.75, 3.05) is 53.4 Å². The number of rotatable bonds is 7. The molecule has 1 aromatic rings. The fourth-order valence-corrected chi connectivity index (χ4v) is 3.33. The molecule has 1 aliphatic rings. The summed E-state index contributed by atoms with van der Waals surface area (Å²) < 4.78 is 5.12. The number of hydrogen-bond acceptors (Lipinski definition) is 4. The molecule has 0 atom stereocenters. The normalized spacial score (nSPS) is 15.1. The Morgan fingerprint density at radius 2 is 1.77 bits per heavy atom. The number of ether oxygens (including phenoxy) is 1. The minimum Gasteiger partial charge on any atom is -0.497 e. The van der Waals surface area contributed by atoms with Crippen LogP contribution in [-0.2, 0) is 14.4 Å². The Balaban J connectivity index is 1.76. The number of nitrogens with zero attached hydrogens (tertiary/aromatic N) is 2. The molecule has 1 saturated heterocycles. The monoisotopic (exact) mass is 431 g/mol. The van der Waals surface area contributed by atoms with Crippen LogP contribution in [0.5, 0.6) is 5.75 Å². The van der Waals surface area contributed by atoms with Gasteiger partial charge in [-0.1, -0.05) is 12.1 Å². The molecule has 1 fully saturated rings. The Bertz CT molecular complexity index is 791. The third kappa shape index (κ3) is 8.41. The maximum Gasteiger partial charge on any atom is 0.275 e. The van der Waals surface area contributed by atoms with Crippen LogP contribution < -0.4 is 15.0 Å². The minimum absolute atomic E-state index is 0.0243. The van der Waals surface area contributed by atoms with Gasteiger partial charge in [-0.3, -0.25) is 14.4 Å². The number of carbonyl (C=O) groups excluding carboxylic acids is 3. The molecule has 2 rings (SSSR count). The lowest BCUT2D eigenvalue weighted by Gasteiger charge is -2.33. The number of hydrogen-bond donors (Lipinski definition) is 2. The Labute approximate surface area is 184 Å². The van der Waals surface area contributed by atoms with Gasteiger partial charge in [-0.25, -0.2) is 0 Å². The molecule has 8 heteroatoms. The topological polar surface area (TPSA) is 83.4 Å². The fraction of sp³-hybridized carbons (Fsp3) is 0.522. The maximum absolute atomic E-state index is 12.6. The highest BCUT2D eigenvalue weighted by Gasteiger charge is 2.27. The highest BCUT2D eigenvalue weighted by molar-refractivity contribution is 5.94. The van der Waals surface area contributed by atoms with Gasteiger partial charge in [0.15, 0.2) is 6.54 Å². The smallest absolute Gasteiger partial charge is 0.275 e. The molecule has 0 spiro atoms. The van der Waals surface area contributed by atoms with Gasteiger partial charge >= 0.3 is 0 Å². The predicted molar refractivity (Wildman–Crippen MR) is 120 cm³/mol. The largest absolute Gasteiger partial charge is 0.497 e. The number of amides is 3. The average Bonchev–Trinajstić information content (AvgIpc) is 2.71. The highest BCUT2D eigenvalue weighted by Crippen LogP contribution is 2.12. The van der Waals surface area contributed by atoms with E-state index < -0.39 is 0 Å². The molecule has 0 unspecified atom stereocenters. The van der Waals surface area contributed by atoms with E-state index in [1.165, 1.54) is 11.0 Å². The first-order valence-corrected chi connectivity index (χ1v) is 10.6. The second-order valence-corrected chi connectivity index (χ2v) is 8.91. The van der Waals surface area contributed by atoms with Crippen molar-refractivity contribution < 1.29 is 24.0 Å². The molecule has 3 amide bonds. The molecule has 0 bridgehead atoms. The van der Waals surface area contributed by atoms with Gasteiger partial charge in [0.1, 0.15) is 5.75 Å². The Kier molecular flexibility index (Phi) is 8.62. The zero-order valence-electron chi connectivity index (χ0n) is 19.2. The lowest BCUT2D eigenvalue weighted by Crippen LogP contribution is -3.16. The van der Waals surface area contributed by atoms with Crippen LogP contribution in [-0.4, -0.2) is 86.5 Å². The first-order chi connectivity index (χ1) is 14.6. The second kappa shape index (κ2) is 10.9. The van der Waals surface area contributed by atoms with E-state index in [1.807, 2.05) is 45.0 Å². The standard InChI is InChI=1S/C23H34N4O4/c1-23(2,3)24-20(28)16-26-12-14-27(15-13-26)22(30)17-25(4)21(29)11-8-18-6-9-19(31-5)10-7-18/h6-11H,12-17H2,1-5H3,(H,24,28)/p+1/b11-8+. The fourth-order valence-electron chi connectivity index (χ4n) is 3.33. The summed E-state index contributed by atoms with van der Waals surface area (Å²) in [7, 11) is 3.22. The van der Waals surface area contributed by atoms with E-state index in [0.717, 1.165) is 29.3 Å². The van der Waals surface area contributed by atoms with E-state index in [1.54, 1.807) is 25.1 Å². The lowest BCUT2D eigenvalue weighted by molar-refractivity contribution is -0.896. The molecule has 0 radical (unpaired) electrons. The number of benzene rings is 1. The van der Waals surface area contributed by atoms with E-state index in [9.17, 15) is 14.4 Å². The maximum atomic E-state index is 12.6. The number of methoxy groups -OCH3 is 1. The molecule has 8 nitrogen and oxygen atoms in total. The molecule has 0 aliphatic carbocycles. The molecule has 170 valence electrons. The number of quaternary nitrogens is 1. The molecule has 1 aromatic carbocycles. The zero-order valence-corrected chi connectivity index (χ0v) is 19.2. The van der Waals surface area contributed by atoms with E-state index in [-0.39, 0.29) is 29.8 Å². The van der Waals surface area contributed by atoms with Gasteiger partial charge in [0, 0.05) is 18.7 Å². The van der Waals surface area contributed by atoms with E-state index in [0.29, 0.717) is 19.6 Å². The average molecular weight is 432 g/mol. The Morgan fingerprint density at radius 3 is 2.32 bits per heavy atom. The number of likely N-dealkylation sites (N-methyl/N-ethyl adjacent to an activating group) is 1. The van der Waals surface area contributed by atoms with Gasteiger partial charge in [-0.15, -0.1) is 0 Å². The van der Waals surface area contributed by atoms with Crippen molar-refractivity contribution in [2.24, 2.45) is 0 Å². The van der Waals surface area contributed by atoms with Crippen molar-refractivity contribution in [3.05, 3.63) is 35.9 Å². The summed E-state index contributed by atoms with van der Waals surface area (Å²) in [5.41, 5.74) is 0.635. The van der Waals surface area contributed by atoms with Crippen molar-refractivity contribution in [3.8, 4) is 5.75 Å². The SMILES string of the molecule is COc1ccc(/C=C/C(=O)N(C)CC(=O)N2CC[NH+](CC(=O)NC(C)(C)C)CC2)cc1. The summed E-state index contributed by atoms with van der Waals surface area (Å²) in [6.45, 7) is 8.93. The molecule has 0 aromatic heterocycles. The summed E-state index contributed by atoms with van der Waals surface area (Å²) >= 11 is 0. The van der Waals surface area contributed by atoms with Crippen LogP contribution in [0.2, 0.25) is 0 Å². The lowest BCUT2D eigenvalue weighted by atomic mass is 10.1. The van der Waals surface area contributed by atoms with E-state index >= 15 is 0 Å². The molecule has 1 heterocycles. The number of carbonyl (C=O) groups is 3. The molecule has 0 saturated carbocycles. The minimum atomic E-state index is -0.243. The van der Waals surface area contributed by atoms with Gasteiger partial charge in [0.25, 0.3) is 5.91 Å². The first-order valence-electron chi connectivity index (χ1n) is 10.6. The van der Waals surface area contributed by atoms with Crippen LogP contribution in [0, 0.1) is 0 Å². The van der Waals surface area contributed by atoms with Crippen molar-refractivity contribution in [3.63, 3.8) is 0 Å². The van der Waals surface area contributed by atoms with Gasteiger partial charge in [-0.2, -0.15) is 0 Å². The molecule has 1 aliphatic heterocycles. The van der Waals surface area contributed by atoms with Crippen molar-refractivity contribution >= 4 is 23.8 Å². The van der Waals surface area contributed by atoms with E-state index in [2.05, 4.69) is 5.32 Å². The van der Waals surface area contributed by atoms with Gasteiger partial charge < -0.3 is 24.8 Å². The number of piperazine rings is 1. The van der Waals surface area contributed by atoms with Gasteiger partial charge in [-0.05, 0) is 44.5 Å². The summed E-state index contributed by atoms with van der Waals surface area (Å²) in [5, 5.41) is 2.97. The Hall–Kier alpha value is -2.87. The third-order valence-electron chi connectivity index (χ3n) is 5.03. The quantitative estimate of drug-likeness (QED) is 0.586. The van der Waals surface area contributed by atoms with Crippen LogP contribution in [0.3, 0.4) is 0 Å². The van der Waals surface area contributed by atoms with Crippen LogP contribution >= 0.6 is 0 Å². The van der Waals surface area contributed by atoms with Crippen LogP contribution in [0.4, 0.5) is 0 Å². The van der Waals surface area contributed by atoms with E-state index in [4.69, 9.17) is 4.74 Å². The van der Waals surface area contributed by atoms with Gasteiger partial charge in [0.2, 0.25) is 11.8 Å². The molecular weight excluding hydrogens is 396 g/mol. The highest BCUT2D eigenvalue weighted by atomic mass is 16.5. The summed E-state index contributed by atoms with van der Waals surface area (Å²) in [6.07, 6.45) is 3.18. The van der Waals surface area contributed by atoms with Crippen LogP contribution in [0.1, 0.15) is 26.3 Å². The summed E-state index contributed by atoms with van der Waals surface area (Å²) in [6, 6.07) is 7.37. The zero-order chi connectivity index (χ0) is 23.0. The summed E-state index contributed by atoms with van der Waals surface area (Å²) in [5.74, 6) is 0.471. The predicted octanol–water partition coefficient (Wildman–Crippen LogP) is -0.191. The number of nitrogens with one attached hydrogen (secondary N) is 2. The van der Waals surface area contributed by atoms with Crippen molar-refractivity contribution in [1.29, 1.82) is 0 Å². The molecule has 31 heavy (non-hydrogen) atoms. The second-order valence-electron chi connectivity index (χ2n) is 8.91. The van der Waals surface area contributed by atoms with Crippen molar-refractivity contribution in [1.82, 2.24) is 15.1 Å². The Morgan fingerprint density at radius 1 is 1.16 bits per heavy atom. The summed E-state index contributed by atoms with van der Waals surface area (Å²) in [4.78, 5) is 41.4. The van der Waals surface area contributed by atoms with Crippen molar-refractivity contribution in [2.45, 2.75) is 26.3 Å². The first kappa shape index (κ1) is 24.4. The molecular formula is C23H35N4O4+. The van der Waals surface area contributed by atoms with Crippen LogP contribution in [0.15, 0.2) is 30.3 Å². The van der Waals surface area contributed by atoms with Gasteiger partial charge in [0.05, 0.1) is 39.8 Å².